The molecule has 0 aliphatic heterocycles. The van der Waals surface area contributed by atoms with E-state index in [2.05, 4.69) is 26.9 Å². The van der Waals surface area contributed by atoms with Gasteiger partial charge in [-0.1, -0.05) is 5.16 Å². The summed E-state index contributed by atoms with van der Waals surface area (Å²) in [6, 6.07) is 2.08. The van der Waals surface area contributed by atoms with E-state index in [1.807, 2.05) is 14.0 Å². The highest BCUT2D eigenvalue weighted by Crippen LogP contribution is 2.07. The lowest BCUT2D eigenvalue weighted by molar-refractivity contribution is 0.286. The van der Waals surface area contributed by atoms with Crippen molar-refractivity contribution in [3.63, 3.8) is 0 Å². The predicted octanol–water partition coefficient (Wildman–Crippen LogP) is 1.36. The predicted molar refractivity (Wildman–Crippen MR) is 63.5 cm³/mol. The Balaban J connectivity index is 2.39. The molecular weight excluding hydrogens is 210 g/mol. The van der Waals surface area contributed by atoms with Gasteiger partial charge in [0.1, 0.15) is 0 Å². The summed E-state index contributed by atoms with van der Waals surface area (Å²) >= 11 is 1.70. The first kappa shape index (κ1) is 12.0. The molecule has 1 atom stereocenters. The average molecular weight is 227 g/mol. The molecule has 0 aliphatic rings. The van der Waals surface area contributed by atoms with Crippen molar-refractivity contribution in [1.29, 1.82) is 0 Å². The van der Waals surface area contributed by atoms with Gasteiger partial charge in [-0.3, -0.25) is 4.90 Å². The van der Waals surface area contributed by atoms with E-state index >= 15 is 0 Å². The molecule has 1 unspecified atom stereocenters. The van der Waals surface area contributed by atoms with Crippen LogP contribution in [0.15, 0.2) is 22.0 Å². The molecule has 3 N–H and O–H groups in total. The first-order chi connectivity index (χ1) is 7.15. The van der Waals surface area contributed by atoms with E-state index in [1.165, 1.54) is 5.56 Å². The summed E-state index contributed by atoms with van der Waals surface area (Å²) in [5.41, 5.74) is 6.86. The Hall–Kier alpha value is -1.07. The van der Waals surface area contributed by atoms with Gasteiger partial charge in [0.2, 0.25) is 0 Å². The third-order valence-corrected chi connectivity index (χ3v) is 3.27. The number of thiophene rings is 1. The largest absolute Gasteiger partial charge is 0.409 e. The zero-order chi connectivity index (χ0) is 11.3. The van der Waals surface area contributed by atoms with Gasteiger partial charge >= 0.3 is 0 Å². The monoisotopic (exact) mass is 227 g/mol. The van der Waals surface area contributed by atoms with E-state index in [4.69, 9.17) is 10.9 Å². The fraction of sp³-hybridized carbons (Fsp3) is 0.500. The quantitative estimate of drug-likeness (QED) is 0.345. The molecule has 0 fully saturated rings. The van der Waals surface area contributed by atoms with Gasteiger partial charge in [-0.15, -0.1) is 0 Å². The molecule has 0 radical (unpaired) electrons. The summed E-state index contributed by atoms with van der Waals surface area (Å²) < 4.78 is 0. The number of nitrogens with two attached hydrogens (primary N) is 1. The highest BCUT2D eigenvalue weighted by atomic mass is 32.1. The number of amidine groups is 1. The van der Waals surface area contributed by atoms with Crippen molar-refractivity contribution in [2.45, 2.75) is 19.4 Å². The molecule has 1 aromatic rings. The Labute approximate surface area is 94.0 Å². The summed E-state index contributed by atoms with van der Waals surface area (Å²) in [5.74, 6) is 0.253. The number of likely N-dealkylation sites (N-methyl/N-ethyl adjacent to an activating group) is 1. The Bertz CT molecular complexity index is 310. The molecule has 0 spiro atoms. The zero-order valence-electron chi connectivity index (χ0n) is 9.05. The normalized spacial score (nSPS) is 14.5. The smallest absolute Gasteiger partial charge is 0.156 e. The van der Waals surface area contributed by atoms with Crippen molar-refractivity contribution in [3.8, 4) is 0 Å². The maximum absolute atomic E-state index is 8.54. The number of oxime groups is 1. The van der Waals surface area contributed by atoms with Crippen LogP contribution in [0, 0.1) is 0 Å². The van der Waals surface area contributed by atoms with Crippen LogP contribution < -0.4 is 5.73 Å². The minimum atomic E-state index is -0.0337. The van der Waals surface area contributed by atoms with Crippen LogP contribution in [0.1, 0.15) is 12.5 Å². The Kier molecular flexibility index (Phi) is 4.58. The van der Waals surface area contributed by atoms with E-state index in [1.54, 1.807) is 11.3 Å². The number of hydrogen-bond acceptors (Lipinski definition) is 4. The van der Waals surface area contributed by atoms with Crippen LogP contribution in [0.2, 0.25) is 0 Å². The third kappa shape index (κ3) is 3.53. The van der Waals surface area contributed by atoms with Crippen LogP contribution in [-0.4, -0.2) is 35.6 Å². The second kappa shape index (κ2) is 5.72. The van der Waals surface area contributed by atoms with Gasteiger partial charge in [0, 0.05) is 6.54 Å². The molecule has 0 saturated carbocycles. The number of nitrogens with zero attached hydrogens (tertiary/aromatic N) is 2. The van der Waals surface area contributed by atoms with Gasteiger partial charge in [0.05, 0.1) is 6.04 Å². The van der Waals surface area contributed by atoms with E-state index < -0.39 is 0 Å². The first-order valence-electron chi connectivity index (χ1n) is 4.84. The standard InChI is InChI=1S/C10H17N3OS/c1-8(10(11)12-14)13(2)5-3-9-4-6-15-7-9/h4,6-8,14H,3,5H2,1-2H3,(H2,11,12). The van der Waals surface area contributed by atoms with E-state index in [9.17, 15) is 0 Å². The molecule has 1 aromatic heterocycles. The fourth-order valence-corrected chi connectivity index (χ4v) is 1.95. The van der Waals surface area contributed by atoms with Gasteiger partial charge in [-0.2, -0.15) is 11.3 Å². The van der Waals surface area contributed by atoms with E-state index in [0.29, 0.717) is 0 Å². The van der Waals surface area contributed by atoms with Crippen LogP contribution >= 0.6 is 11.3 Å². The molecule has 0 amide bonds. The van der Waals surface area contributed by atoms with Gasteiger partial charge < -0.3 is 10.9 Å². The summed E-state index contributed by atoms with van der Waals surface area (Å²) in [7, 11) is 1.97. The molecule has 1 heterocycles. The SMILES string of the molecule is CC(C(N)=NO)N(C)CCc1ccsc1. The van der Waals surface area contributed by atoms with Crippen molar-refractivity contribution in [1.82, 2.24) is 4.90 Å². The Morgan fingerprint density at radius 3 is 3.00 bits per heavy atom. The third-order valence-electron chi connectivity index (χ3n) is 2.54. The molecule has 84 valence electrons. The van der Waals surface area contributed by atoms with Gasteiger partial charge in [-0.05, 0) is 42.8 Å². The van der Waals surface area contributed by atoms with Crippen molar-refractivity contribution in [3.05, 3.63) is 22.4 Å². The van der Waals surface area contributed by atoms with Crippen LogP contribution in [0.4, 0.5) is 0 Å². The van der Waals surface area contributed by atoms with Gasteiger partial charge in [0.25, 0.3) is 0 Å². The molecule has 0 saturated heterocycles. The maximum atomic E-state index is 8.54. The molecule has 1 rings (SSSR count). The lowest BCUT2D eigenvalue weighted by atomic mass is 10.2. The minimum Gasteiger partial charge on any atom is -0.409 e. The number of rotatable bonds is 5. The fourth-order valence-electron chi connectivity index (χ4n) is 1.24. The van der Waals surface area contributed by atoms with Crippen LogP contribution in [0.3, 0.4) is 0 Å². The number of hydrogen-bond donors (Lipinski definition) is 2. The highest BCUT2D eigenvalue weighted by molar-refractivity contribution is 7.07. The molecule has 0 aliphatic carbocycles. The molecule has 4 nitrogen and oxygen atoms in total. The van der Waals surface area contributed by atoms with Crippen molar-refractivity contribution in [2.75, 3.05) is 13.6 Å². The van der Waals surface area contributed by atoms with Crippen LogP contribution in [0.25, 0.3) is 0 Å². The summed E-state index contributed by atoms with van der Waals surface area (Å²) in [4.78, 5) is 2.06. The average Bonchev–Trinajstić information content (AvgIpc) is 2.76. The minimum absolute atomic E-state index is 0.0337. The van der Waals surface area contributed by atoms with Crippen molar-refractivity contribution in [2.24, 2.45) is 10.9 Å². The van der Waals surface area contributed by atoms with E-state index in [-0.39, 0.29) is 11.9 Å². The first-order valence-corrected chi connectivity index (χ1v) is 5.78. The lowest BCUT2D eigenvalue weighted by Gasteiger charge is -2.22. The van der Waals surface area contributed by atoms with Crippen molar-refractivity contribution >= 4 is 17.2 Å². The van der Waals surface area contributed by atoms with Crippen LogP contribution in [0.5, 0.6) is 0 Å². The topological polar surface area (TPSA) is 61.9 Å². The summed E-state index contributed by atoms with van der Waals surface area (Å²) in [6.07, 6.45) is 0.989. The zero-order valence-corrected chi connectivity index (χ0v) is 9.87. The Morgan fingerprint density at radius 2 is 2.47 bits per heavy atom. The van der Waals surface area contributed by atoms with E-state index in [0.717, 1.165) is 13.0 Å². The summed E-state index contributed by atoms with van der Waals surface area (Å²) in [5, 5.41) is 15.8. The lowest BCUT2D eigenvalue weighted by Crippen LogP contribution is -2.41. The van der Waals surface area contributed by atoms with Gasteiger partial charge in [-0.25, -0.2) is 0 Å². The summed E-state index contributed by atoms with van der Waals surface area (Å²) in [6.45, 7) is 2.82. The van der Waals surface area contributed by atoms with Crippen molar-refractivity contribution < 1.29 is 5.21 Å². The second-order valence-electron chi connectivity index (χ2n) is 3.56. The maximum Gasteiger partial charge on any atom is 0.156 e. The second-order valence-corrected chi connectivity index (χ2v) is 4.34. The molecule has 0 aromatic carbocycles. The van der Waals surface area contributed by atoms with Crippen LogP contribution in [-0.2, 0) is 6.42 Å². The molecule has 0 bridgehead atoms. The molecular formula is C10H17N3OS. The molecule has 5 heteroatoms. The Morgan fingerprint density at radius 1 is 1.73 bits per heavy atom. The van der Waals surface area contributed by atoms with Gasteiger partial charge in [0.15, 0.2) is 5.84 Å². The molecule has 15 heavy (non-hydrogen) atoms. The highest BCUT2D eigenvalue weighted by Gasteiger charge is 2.13.